The van der Waals surface area contributed by atoms with Crippen LogP contribution in [0.5, 0.6) is 5.75 Å². The van der Waals surface area contributed by atoms with Crippen LogP contribution >= 0.6 is 11.3 Å². The molecule has 2 amide bonds. The average Bonchev–Trinajstić information content (AvgIpc) is 3.37. The molecule has 0 aliphatic carbocycles. The van der Waals surface area contributed by atoms with Crippen molar-refractivity contribution in [2.24, 2.45) is 0 Å². The van der Waals surface area contributed by atoms with Crippen molar-refractivity contribution in [2.45, 2.75) is 19.3 Å². The fourth-order valence-electron chi connectivity index (χ4n) is 2.85. The molecule has 0 saturated carbocycles. The predicted molar refractivity (Wildman–Crippen MR) is 103 cm³/mol. The molecular formula is C18H23N5O3S. The van der Waals surface area contributed by atoms with Crippen LogP contribution < -0.4 is 15.4 Å². The lowest BCUT2D eigenvalue weighted by Crippen LogP contribution is -2.28. The van der Waals surface area contributed by atoms with Crippen LogP contribution in [-0.4, -0.2) is 60.2 Å². The maximum Gasteiger partial charge on any atom is 0.286 e. The van der Waals surface area contributed by atoms with E-state index >= 15 is 0 Å². The van der Waals surface area contributed by atoms with Crippen LogP contribution in [0.2, 0.25) is 0 Å². The average molecular weight is 389 g/mol. The molecule has 0 spiro atoms. The SMILES string of the molecule is COc1ccc(NC(=O)c2nnc(C(=O)NCCCN3CCCC3)s2)cc1. The molecule has 1 aliphatic heterocycles. The highest BCUT2D eigenvalue weighted by Gasteiger charge is 2.18. The number of amides is 2. The largest absolute Gasteiger partial charge is 0.497 e. The summed E-state index contributed by atoms with van der Waals surface area (Å²) in [6.07, 6.45) is 3.42. The second-order valence-corrected chi connectivity index (χ2v) is 7.23. The molecule has 0 atom stereocenters. The van der Waals surface area contributed by atoms with Gasteiger partial charge in [0.2, 0.25) is 10.0 Å². The van der Waals surface area contributed by atoms with Crippen LogP contribution in [0.25, 0.3) is 0 Å². The standard InChI is InChI=1S/C18H23N5O3S/c1-26-14-7-5-13(6-8-14)20-16(25)18-22-21-17(27-18)15(24)19-9-4-12-23-10-2-3-11-23/h5-8H,2-4,9-12H2,1H3,(H,19,24)(H,20,25). The zero-order valence-corrected chi connectivity index (χ0v) is 16.1. The van der Waals surface area contributed by atoms with Gasteiger partial charge < -0.3 is 20.3 Å². The van der Waals surface area contributed by atoms with Gasteiger partial charge in [0.25, 0.3) is 11.8 Å². The number of carbonyl (C=O) groups excluding carboxylic acids is 2. The smallest absolute Gasteiger partial charge is 0.286 e. The van der Waals surface area contributed by atoms with Gasteiger partial charge in [0.1, 0.15) is 5.75 Å². The number of anilines is 1. The Labute approximate surface area is 161 Å². The van der Waals surface area contributed by atoms with Crippen molar-refractivity contribution < 1.29 is 14.3 Å². The highest BCUT2D eigenvalue weighted by Crippen LogP contribution is 2.17. The number of aromatic nitrogens is 2. The molecular weight excluding hydrogens is 366 g/mol. The quantitative estimate of drug-likeness (QED) is 0.671. The number of nitrogens with one attached hydrogen (secondary N) is 2. The first kappa shape index (κ1) is 19.2. The van der Waals surface area contributed by atoms with E-state index in [4.69, 9.17) is 4.74 Å². The first-order valence-electron chi connectivity index (χ1n) is 8.95. The highest BCUT2D eigenvalue weighted by atomic mass is 32.1. The fourth-order valence-corrected chi connectivity index (χ4v) is 3.51. The molecule has 1 aromatic carbocycles. The Morgan fingerprint density at radius 2 is 1.78 bits per heavy atom. The molecule has 1 aromatic heterocycles. The van der Waals surface area contributed by atoms with Crippen LogP contribution in [0.1, 0.15) is 38.9 Å². The zero-order chi connectivity index (χ0) is 19.1. The topological polar surface area (TPSA) is 96.5 Å². The van der Waals surface area contributed by atoms with Crippen LogP contribution in [0.3, 0.4) is 0 Å². The predicted octanol–water partition coefficient (Wildman–Crippen LogP) is 2.01. The lowest BCUT2D eigenvalue weighted by Gasteiger charge is -2.13. The third-order valence-electron chi connectivity index (χ3n) is 4.30. The van der Waals surface area contributed by atoms with Gasteiger partial charge in [-0.25, -0.2) is 0 Å². The first-order valence-corrected chi connectivity index (χ1v) is 9.77. The molecule has 2 aromatic rings. The Kier molecular flexibility index (Phi) is 6.72. The summed E-state index contributed by atoms with van der Waals surface area (Å²) in [6, 6.07) is 6.95. The number of benzene rings is 1. The molecule has 144 valence electrons. The van der Waals surface area contributed by atoms with Gasteiger partial charge in [-0.3, -0.25) is 9.59 Å². The number of likely N-dealkylation sites (tertiary alicyclic amines) is 1. The molecule has 8 nitrogen and oxygen atoms in total. The van der Waals surface area contributed by atoms with Gasteiger partial charge in [-0.1, -0.05) is 11.3 Å². The van der Waals surface area contributed by atoms with Gasteiger partial charge in [-0.15, -0.1) is 10.2 Å². The van der Waals surface area contributed by atoms with E-state index in [0.717, 1.165) is 37.4 Å². The third kappa shape index (κ3) is 5.48. The second kappa shape index (κ2) is 9.43. The summed E-state index contributed by atoms with van der Waals surface area (Å²) in [5, 5.41) is 13.5. The van der Waals surface area contributed by atoms with Crippen molar-refractivity contribution in [3.05, 3.63) is 34.3 Å². The normalized spacial score (nSPS) is 14.1. The molecule has 1 aliphatic rings. The van der Waals surface area contributed by atoms with Gasteiger partial charge in [-0.05, 0) is 63.2 Å². The molecule has 3 rings (SSSR count). The molecule has 0 bridgehead atoms. The Morgan fingerprint density at radius 1 is 1.11 bits per heavy atom. The van der Waals surface area contributed by atoms with Crippen molar-refractivity contribution in [3.8, 4) is 5.75 Å². The highest BCUT2D eigenvalue weighted by molar-refractivity contribution is 7.15. The van der Waals surface area contributed by atoms with E-state index in [2.05, 4.69) is 25.7 Å². The number of hydrogen-bond donors (Lipinski definition) is 2. The maximum absolute atomic E-state index is 12.2. The van der Waals surface area contributed by atoms with Crippen LogP contribution in [0.15, 0.2) is 24.3 Å². The summed E-state index contributed by atoms with van der Waals surface area (Å²) in [7, 11) is 1.58. The second-order valence-electron chi connectivity index (χ2n) is 6.25. The van der Waals surface area contributed by atoms with E-state index in [0.29, 0.717) is 18.0 Å². The van der Waals surface area contributed by atoms with E-state index in [1.54, 1.807) is 31.4 Å². The molecule has 0 unspecified atom stereocenters. The van der Waals surface area contributed by atoms with E-state index in [1.807, 2.05) is 0 Å². The summed E-state index contributed by atoms with van der Waals surface area (Å²) in [5.41, 5.74) is 0.615. The maximum atomic E-state index is 12.2. The van der Waals surface area contributed by atoms with Gasteiger partial charge in [0.05, 0.1) is 7.11 Å². The van der Waals surface area contributed by atoms with Crippen LogP contribution in [0.4, 0.5) is 5.69 Å². The number of nitrogens with zero attached hydrogens (tertiary/aromatic N) is 3. The third-order valence-corrected chi connectivity index (χ3v) is 5.22. The Hall–Kier alpha value is -2.52. The van der Waals surface area contributed by atoms with E-state index in [-0.39, 0.29) is 15.9 Å². The Balaban J connectivity index is 1.45. The van der Waals surface area contributed by atoms with Crippen molar-refractivity contribution in [1.82, 2.24) is 20.4 Å². The lowest BCUT2D eigenvalue weighted by molar-refractivity contribution is 0.0949. The minimum absolute atomic E-state index is 0.146. The zero-order valence-electron chi connectivity index (χ0n) is 15.2. The molecule has 2 heterocycles. The summed E-state index contributed by atoms with van der Waals surface area (Å²) in [5.74, 6) is 0.00997. The van der Waals surface area contributed by atoms with Gasteiger partial charge in [-0.2, -0.15) is 0 Å². The minimum atomic E-state index is -0.397. The van der Waals surface area contributed by atoms with Crippen molar-refractivity contribution >= 4 is 28.8 Å². The minimum Gasteiger partial charge on any atom is -0.497 e. The molecule has 1 fully saturated rings. The number of ether oxygens (including phenoxy) is 1. The van der Waals surface area contributed by atoms with Crippen molar-refractivity contribution in [1.29, 1.82) is 0 Å². The number of methoxy groups -OCH3 is 1. The molecule has 2 N–H and O–H groups in total. The van der Waals surface area contributed by atoms with Gasteiger partial charge in [0.15, 0.2) is 0 Å². The first-order chi connectivity index (χ1) is 13.2. The fraction of sp³-hybridized carbons (Fsp3) is 0.444. The Bertz CT molecular complexity index is 772. The molecule has 0 radical (unpaired) electrons. The summed E-state index contributed by atoms with van der Waals surface area (Å²) in [4.78, 5) is 26.8. The van der Waals surface area contributed by atoms with Crippen molar-refractivity contribution in [2.75, 3.05) is 38.6 Å². The van der Waals surface area contributed by atoms with Crippen molar-refractivity contribution in [3.63, 3.8) is 0 Å². The van der Waals surface area contributed by atoms with E-state index in [1.165, 1.54) is 12.8 Å². The number of hydrogen-bond acceptors (Lipinski definition) is 7. The van der Waals surface area contributed by atoms with E-state index < -0.39 is 5.91 Å². The van der Waals surface area contributed by atoms with Crippen LogP contribution in [0, 0.1) is 0 Å². The van der Waals surface area contributed by atoms with Gasteiger partial charge >= 0.3 is 0 Å². The summed E-state index contributed by atoms with van der Waals surface area (Å²) >= 11 is 0.978. The Morgan fingerprint density at radius 3 is 2.44 bits per heavy atom. The monoisotopic (exact) mass is 389 g/mol. The molecule has 9 heteroatoms. The van der Waals surface area contributed by atoms with Crippen LogP contribution in [-0.2, 0) is 0 Å². The van der Waals surface area contributed by atoms with E-state index in [9.17, 15) is 9.59 Å². The molecule has 27 heavy (non-hydrogen) atoms. The lowest BCUT2D eigenvalue weighted by atomic mass is 10.3. The van der Waals surface area contributed by atoms with Gasteiger partial charge in [0, 0.05) is 12.2 Å². The molecule has 1 saturated heterocycles. The number of carbonyl (C=O) groups is 2. The summed E-state index contributed by atoms with van der Waals surface area (Å²) < 4.78 is 5.08. The number of rotatable bonds is 8. The summed E-state index contributed by atoms with van der Waals surface area (Å²) in [6.45, 7) is 3.88.